The van der Waals surface area contributed by atoms with E-state index in [1.165, 1.54) is 16.0 Å². The molecule has 0 fully saturated rings. The number of thioether (sulfide) groups is 1. The Morgan fingerprint density at radius 3 is 2.88 bits per heavy atom. The van der Waals surface area contributed by atoms with E-state index in [-0.39, 0.29) is 6.61 Å². The number of ether oxygens (including phenoxy) is 1. The van der Waals surface area contributed by atoms with E-state index < -0.39 is 0 Å². The van der Waals surface area contributed by atoms with E-state index in [0.29, 0.717) is 0 Å². The van der Waals surface area contributed by atoms with Crippen LogP contribution < -0.4 is 5.32 Å². The van der Waals surface area contributed by atoms with E-state index in [2.05, 4.69) is 30.4 Å². The molecular formula is C13H21NO2S. The second-order valence-electron chi connectivity index (χ2n) is 3.84. The number of hydrogen-bond donors (Lipinski definition) is 2. The summed E-state index contributed by atoms with van der Waals surface area (Å²) in [4.78, 5) is 1.25. The molecule has 0 unspecified atom stereocenters. The van der Waals surface area contributed by atoms with Gasteiger partial charge in [0.2, 0.25) is 0 Å². The summed E-state index contributed by atoms with van der Waals surface area (Å²) in [6.45, 7) is 4.82. The third-order valence-corrected chi connectivity index (χ3v) is 3.56. The van der Waals surface area contributed by atoms with E-state index in [4.69, 9.17) is 9.84 Å². The van der Waals surface area contributed by atoms with Crippen LogP contribution in [0.1, 0.15) is 11.1 Å². The lowest BCUT2D eigenvalue weighted by Crippen LogP contribution is -2.18. The fourth-order valence-corrected chi connectivity index (χ4v) is 2.31. The maximum absolute atomic E-state index is 8.80. The van der Waals surface area contributed by atoms with Crippen molar-refractivity contribution in [1.29, 1.82) is 0 Å². The first-order valence-electron chi connectivity index (χ1n) is 5.80. The van der Waals surface area contributed by atoms with Crippen molar-refractivity contribution in [3.8, 4) is 0 Å². The maximum Gasteiger partial charge on any atom is 0.0587 e. The zero-order valence-electron chi connectivity index (χ0n) is 10.5. The van der Waals surface area contributed by atoms with Gasteiger partial charge in [-0.05, 0) is 24.1 Å². The summed E-state index contributed by atoms with van der Waals surface area (Å²) >= 11 is 1.70. The zero-order chi connectivity index (χ0) is 12.5. The molecule has 0 spiro atoms. The molecule has 96 valence electrons. The highest BCUT2D eigenvalue weighted by Gasteiger charge is 2.00. The van der Waals surface area contributed by atoms with Gasteiger partial charge in [-0.15, -0.1) is 11.8 Å². The molecule has 1 aromatic carbocycles. The third kappa shape index (κ3) is 5.55. The quantitative estimate of drug-likeness (QED) is 0.549. The van der Waals surface area contributed by atoms with Crippen LogP contribution in [0.25, 0.3) is 0 Å². The smallest absolute Gasteiger partial charge is 0.0587 e. The monoisotopic (exact) mass is 255 g/mol. The first kappa shape index (κ1) is 14.5. The minimum absolute atomic E-state index is 0.227. The van der Waals surface area contributed by atoms with Gasteiger partial charge in [0.1, 0.15) is 0 Å². The van der Waals surface area contributed by atoms with Crippen LogP contribution in [0.3, 0.4) is 0 Å². The Labute approximate surface area is 108 Å². The van der Waals surface area contributed by atoms with E-state index in [1.807, 2.05) is 0 Å². The SMILES string of the molecule is COCCNCc1ccc(SCCO)c(C)c1. The van der Waals surface area contributed by atoms with Gasteiger partial charge in [-0.25, -0.2) is 0 Å². The van der Waals surface area contributed by atoms with Gasteiger partial charge in [0.25, 0.3) is 0 Å². The summed E-state index contributed by atoms with van der Waals surface area (Å²) in [5.41, 5.74) is 2.56. The van der Waals surface area contributed by atoms with Crippen LogP contribution >= 0.6 is 11.8 Å². The second kappa shape index (κ2) is 8.53. The first-order valence-corrected chi connectivity index (χ1v) is 6.79. The molecule has 0 atom stereocenters. The minimum Gasteiger partial charge on any atom is -0.396 e. The highest BCUT2D eigenvalue weighted by atomic mass is 32.2. The van der Waals surface area contributed by atoms with Gasteiger partial charge in [-0.1, -0.05) is 12.1 Å². The van der Waals surface area contributed by atoms with Crippen LogP contribution in [0.5, 0.6) is 0 Å². The molecule has 17 heavy (non-hydrogen) atoms. The van der Waals surface area contributed by atoms with Crippen molar-refractivity contribution in [2.24, 2.45) is 0 Å². The summed E-state index contributed by atoms with van der Waals surface area (Å²) in [6, 6.07) is 6.45. The van der Waals surface area contributed by atoms with E-state index in [1.54, 1.807) is 18.9 Å². The molecule has 0 aromatic heterocycles. The molecule has 2 N–H and O–H groups in total. The molecule has 0 saturated carbocycles. The average Bonchev–Trinajstić information content (AvgIpc) is 2.34. The molecular weight excluding hydrogens is 234 g/mol. The van der Waals surface area contributed by atoms with Gasteiger partial charge >= 0.3 is 0 Å². The van der Waals surface area contributed by atoms with E-state index in [0.717, 1.165) is 25.4 Å². The molecule has 0 aliphatic rings. The van der Waals surface area contributed by atoms with Crippen molar-refractivity contribution in [3.05, 3.63) is 29.3 Å². The van der Waals surface area contributed by atoms with Crippen molar-refractivity contribution in [1.82, 2.24) is 5.32 Å². The Morgan fingerprint density at radius 1 is 1.41 bits per heavy atom. The van der Waals surface area contributed by atoms with Crippen molar-refractivity contribution in [2.45, 2.75) is 18.4 Å². The molecule has 1 rings (SSSR count). The number of benzene rings is 1. The molecule has 0 aliphatic heterocycles. The number of rotatable bonds is 8. The summed E-state index contributed by atoms with van der Waals surface area (Å²) < 4.78 is 4.98. The third-order valence-electron chi connectivity index (χ3n) is 2.40. The number of aliphatic hydroxyl groups is 1. The van der Waals surface area contributed by atoms with Crippen LogP contribution in [0.15, 0.2) is 23.1 Å². The van der Waals surface area contributed by atoms with Gasteiger partial charge < -0.3 is 15.2 Å². The Hall–Kier alpha value is -0.550. The molecule has 0 radical (unpaired) electrons. The summed E-state index contributed by atoms with van der Waals surface area (Å²) in [5.74, 6) is 0.756. The normalized spacial score (nSPS) is 10.8. The standard InChI is InChI=1S/C13H21NO2S/c1-11-9-12(10-14-5-7-16-2)3-4-13(11)17-8-6-15/h3-4,9,14-15H,5-8,10H2,1-2H3. The van der Waals surface area contributed by atoms with Gasteiger partial charge in [0.05, 0.1) is 13.2 Å². The Kier molecular flexibility index (Phi) is 7.28. The Morgan fingerprint density at radius 2 is 2.24 bits per heavy atom. The molecule has 0 amide bonds. The number of methoxy groups -OCH3 is 1. The lowest BCUT2D eigenvalue weighted by atomic mass is 10.1. The van der Waals surface area contributed by atoms with Crippen LogP contribution in [-0.4, -0.2) is 37.7 Å². The highest BCUT2D eigenvalue weighted by Crippen LogP contribution is 2.22. The molecule has 0 saturated heterocycles. The van der Waals surface area contributed by atoms with Crippen LogP contribution in [-0.2, 0) is 11.3 Å². The maximum atomic E-state index is 8.80. The molecule has 1 aromatic rings. The summed E-state index contributed by atoms with van der Waals surface area (Å²) in [7, 11) is 1.71. The minimum atomic E-state index is 0.227. The fraction of sp³-hybridized carbons (Fsp3) is 0.538. The van der Waals surface area contributed by atoms with Crippen LogP contribution in [0.4, 0.5) is 0 Å². The van der Waals surface area contributed by atoms with Crippen molar-refractivity contribution >= 4 is 11.8 Å². The molecule has 3 nitrogen and oxygen atoms in total. The zero-order valence-corrected chi connectivity index (χ0v) is 11.3. The van der Waals surface area contributed by atoms with E-state index in [9.17, 15) is 0 Å². The van der Waals surface area contributed by atoms with Gasteiger partial charge in [0, 0.05) is 30.8 Å². The van der Waals surface area contributed by atoms with Gasteiger partial charge in [-0.3, -0.25) is 0 Å². The van der Waals surface area contributed by atoms with Crippen molar-refractivity contribution < 1.29 is 9.84 Å². The lowest BCUT2D eigenvalue weighted by Gasteiger charge is -2.08. The number of nitrogens with one attached hydrogen (secondary N) is 1. The molecule has 4 heteroatoms. The average molecular weight is 255 g/mol. The Bertz CT molecular complexity index is 331. The first-order chi connectivity index (χ1) is 8.27. The van der Waals surface area contributed by atoms with E-state index >= 15 is 0 Å². The number of aryl methyl sites for hydroxylation is 1. The highest BCUT2D eigenvalue weighted by molar-refractivity contribution is 7.99. The molecule has 0 aliphatic carbocycles. The molecule has 0 heterocycles. The predicted octanol–water partition coefficient (Wildman–Crippen LogP) is 1.82. The largest absolute Gasteiger partial charge is 0.396 e. The van der Waals surface area contributed by atoms with Gasteiger partial charge in [0.15, 0.2) is 0 Å². The van der Waals surface area contributed by atoms with Gasteiger partial charge in [-0.2, -0.15) is 0 Å². The van der Waals surface area contributed by atoms with Crippen molar-refractivity contribution in [3.63, 3.8) is 0 Å². The van der Waals surface area contributed by atoms with Crippen molar-refractivity contribution in [2.75, 3.05) is 32.6 Å². The predicted molar refractivity (Wildman–Crippen MR) is 72.6 cm³/mol. The van der Waals surface area contributed by atoms with Crippen LogP contribution in [0, 0.1) is 6.92 Å². The van der Waals surface area contributed by atoms with Crippen LogP contribution in [0.2, 0.25) is 0 Å². The number of hydrogen-bond acceptors (Lipinski definition) is 4. The number of aliphatic hydroxyl groups excluding tert-OH is 1. The Balaban J connectivity index is 2.44. The fourth-order valence-electron chi connectivity index (χ4n) is 1.55. The topological polar surface area (TPSA) is 41.5 Å². The summed E-state index contributed by atoms with van der Waals surface area (Å²) in [5, 5.41) is 12.1. The second-order valence-corrected chi connectivity index (χ2v) is 4.98. The summed E-state index contributed by atoms with van der Waals surface area (Å²) in [6.07, 6.45) is 0. The lowest BCUT2D eigenvalue weighted by molar-refractivity contribution is 0.199. The molecule has 0 bridgehead atoms.